The maximum Gasteiger partial charge on any atom is 0.178 e. The monoisotopic (exact) mass is 267 g/mol. The van der Waals surface area contributed by atoms with Gasteiger partial charge in [-0.1, -0.05) is 19.1 Å². The average Bonchev–Trinajstić information content (AvgIpc) is 3.20. The molecule has 0 spiro atoms. The molecule has 1 aromatic rings. The third-order valence-corrected chi connectivity index (χ3v) is 4.79. The minimum absolute atomic E-state index is 0.00217. The summed E-state index contributed by atoms with van der Waals surface area (Å²) in [7, 11) is -3.18. The van der Waals surface area contributed by atoms with Crippen LogP contribution in [0.15, 0.2) is 29.2 Å². The molecule has 0 aromatic heterocycles. The van der Waals surface area contributed by atoms with E-state index in [0.717, 1.165) is 12.8 Å². The lowest BCUT2D eigenvalue weighted by atomic mass is 10.1. The Morgan fingerprint density at radius 2 is 1.89 bits per heavy atom. The number of carbonyl (C=O) groups is 1. The summed E-state index contributed by atoms with van der Waals surface area (Å²) in [5.41, 5.74) is 0.554. The zero-order chi connectivity index (χ0) is 13.2. The third-order valence-electron chi connectivity index (χ3n) is 3.04. The van der Waals surface area contributed by atoms with Crippen LogP contribution >= 0.6 is 0 Å². The van der Waals surface area contributed by atoms with Crippen molar-refractivity contribution < 1.29 is 13.2 Å². The van der Waals surface area contributed by atoms with Gasteiger partial charge in [0.1, 0.15) is 0 Å². The Balaban J connectivity index is 2.04. The Morgan fingerprint density at radius 1 is 1.28 bits per heavy atom. The quantitative estimate of drug-likeness (QED) is 0.792. The first-order chi connectivity index (χ1) is 8.53. The predicted molar refractivity (Wildman–Crippen MR) is 69.5 cm³/mol. The number of sulfone groups is 1. The molecule has 1 N–H and O–H groups in total. The van der Waals surface area contributed by atoms with E-state index in [1.807, 2.05) is 0 Å². The maximum atomic E-state index is 11.8. The molecule has 0 aliphatic heterocycles. The van der Waals surface area contributed by atoms with E-state index in [2.05, 4.69) is 5.32 Å². The van der Waals surface area contributed by atoms with Crippen LogP contribution in [0.1, 0.15) is 30.1 Å². The molecule has 0 heterocycles. The number of Topliss-reactive ketones (excluding diaryl/α,β-unsaturated/α-hetero) is 1. The zero-order valence-electron chi connectivity index (χ0n) is 10.3. The molecule has 0 unspecified atom stereocenters. The van der Waals surface area contributed by atoms with Gasteiger partial charge in [0.05, 0.1) is 17.2 Å². The standard InChI is InChI=1S/C13H17NO3S/c1-2-18(16,17)12-7-3-10(4-8-12)13(15)9-14-11-5-6-11/h3-4,7-8,11,14H,2,5-6,9H2,1H3. The Labute approximate surface area is 107 Å². The molecule has 1 aromatic carbocycles. The summed E-state index contributed by atoms with van der Waals surface area (Å²) in [6, 6.07) is 6.67. The molecule has 1 fully saturated rings. The molecule has 0 amide bonds. The first-order valence-corrected chi connectivity index (χ1v) is 7.77. The van der Waals surface area contributed by atoms with Crippen molar-refractivity contribution in [1.29, 1.82) is 0 Å². The zero-order valence-corrected chi connectivity index (χ0v) is 11.2. The van der Waals surface area contributed by atoms with Gasteiger partial charge in [-0.05, 0) is 25.0 Å². The molecule has 2 rings (SSSR count). The Kier molecular flexibility index (Phi) is 3.82. The van der Waals surface area contributed by atoms with Crippen LogP contribution in [-0.4, -0.2) is 32.5 Å². The lowest BCUT2D eigenvalue weighted by Crippen LogP contribution is -2.24. The SMILES string of the molecule is CCS(=O)(=O)c1ccc(C(=O)CNC2CC2)cc1. The number of benzene rings is 1. The van der Waals surface area contributed by atoms with E-state index in [4.69, 9.17) is 0 Å². The van der Waals surface area contributed by atoms with Crippen LogP contribution in [0.25, 0.3) is 0 Å². The molecular formula is C13H17NO3S. The van der Waals surface area contributed by atoms with E-state index in [0.29, 0.717) is 18.2 Å². The van der Waals surface area contributed by atoms with E-state index in [1.165, 1.54) is 12.1 Å². The Morgan fingerprint density at radius 3 is 2.39 bits per heavy atom. The fraction of sp³-hybridized carbons (Fsp3) is 0.462. The van der Waals surface area contributed by atoms with Crippen molar-refractivity contribution in [2.45, 2.75) is 30.7 Å². The molecule has 0 atom stereocenters. The van der Waals surface area contributed by atoms with Crippen LogP contribution in [0.4, 0.5) is 0 Å². The largest absolute Gasteiger partial charge is 0.307 e. The van der Waals surface area contributed by atoms with Gasteiger partial charge in [0, 0.05) is 11.6 Å². The van der Waals surface area contributed by atoms with Crippen molar-refractivity contribution in [3.05, 3.63) is 29.8 Å². The van der Waals surface area contributed by atoms with Crippen molar-refractivity contribution in [1.82, 2.24) is 5.32 Å². The summed E-state index contributed by atoms with van der Waals surface area (Å²) >= 11 is 0. The van der Waals surface area contributed by atoms with Crippen LogP contribution in [0.2, 0.25) is 0 Å². The summed E-state index contributed by atoms with van der Waals surface area (Å²) < 4.78 is 23.2. The number of hydrogen-bond acceptors (Lipinski definition) is 4. The molecule has 0 saturated heterocycles. The van der Waals surface area contributed by atoms with E-state index in [-0.39, 0.29) is 16.4 Å². The summed E-state index contributed by atoms with van der Waals surface area (Å²) in [6.45, 7) is 1.93. The summed E-state index contributed by atoms with van der Waals surface area (Å²) in [5, 5.41) is 3.14. The Hall–Kier alpha value is -1.20. The minimum Gasteiger partial charge on any atom is -0.307 e. The highest BCUT2D eigenvalue weighted by molar-refractivity contribution is 7.91. The van der Waals surface area contributed by atoms with Crippen LogP contribution < -0.4 is 5.32 Å². The highest BCUT2D eigenvalue weighted by Gasteiger charge is 2.21. The second-order valence-corrected chi connectivity index (χ2v) is 6.78. The predicted octanol–water partition coefficient (Wildman–Crippen LogP) is 1.41. The second kappa shape index (κ2) is 5.20. The number of ketones is 1. The lowest BCUT2D eigenvalue weighted by molar-refractivity contribution is 0.0990. The van der Waals surface area contributed by atoms with Crippen molar-refractivity contribution in [3.8, 4) is 0 Å². The molecule has 1 aliphatic carbocycles. The summed E-state index contributed by atoms with van der Waals surface area (Å²) in [4.78, 5) is 12.1. The van der Waals surface area contributed by atoms with E-state index in [1.54, 1.807) is 19.1 Å². The molecule has 4 nitrogen and oxygen atoms in total. The molecule has 1 aliphatic rings. The van der Waals surface area contributed by atoms with Gasteiger partial charge < -0.3 is 5.32 Å². The number of carbonyl (C=O) groups excluding carboxylic acids is 1. The van der Waals surface area contributed by atoms with Gasteiger partial charge in [-0.15, -0.1) is 0 Å². The topological polar surface area (TPSA) is 63.2 Å². The number of rotatable bonds is 6. The van der Waals surface area contributed by atoms with Gasteiger partial charge in [0.2, 0.25) is 0 Å². The average molecular weight is 267 g/mol. The first kappa shape index (κ1) is 13.2. The second-order valence-electron chi connectivity index (χ2n) is 4.51. The Bertz CT molecular complexity index is 530. The van der Waals surface area contributed by atoms with Gasteiger partial charge in [0.15, 0.2) is 15.6 Å². The molecule has 0 bridgehead atoms. The summed E-state index contributed by atoms with van der Waals surface area (Å²) in [6.07, 6.45) is 2.28. The molecule has 98 valence electrons. The van der Waals surface area contributed by atoms with Gasteiger partial charge in [-0.2, -0.15) is 0 Å². The first-order valence-electron chi connectivity index (χ1n) is 6.12. The van der Waals surface area contributed by atoms with Crippen LogP contribution in [-0.2, 0) is 9.84 Å². The fourth-order valence-electron chi connectivity index (χ4n) is 1.64. The highest BCUT2D eigenvalue weighted by atomic mass is 32.2. The van der Waals surface area contributed by atoms with Gasteiger partial charge in [-0.3, -0.25) is 4.79 Å². The highest BCUT2D eigenvalue weighted by Crippen LogP contribution is 2.18. The number of nitrogens with one attached hydrogen (secondary N) is 1. The fourth-order valence-corrected chi connectivity index (χ4v) is 2.53. The summed E-state index contributed by atoms with van der Waals surface area (Å²) in [5.74, 6) is 0.0751. The minimum atomic E-state index is -3.18. The van der Waals surface area contributed by atoms with Crippen LogP contribution in [0.5, 0.6) is 0 Å². The molecular weight excluding hydrogens is 250 g/mol. The molecule has 0 radical (unpaired) electrons. The maximum absolute atomic E-state index is 11.8. The lowest BCUT2D eigenvalue weighted by Gasteiger charge is -2.04. The van der Waals surface area contributed by atoms with Gasteiger partial charge in [0.25, 0.3) is 0 Å². The van der Waals surface area contributed by atoms with Crippen molar-refractivity contribution in [2.75, 3.05) is 12.3 Å². The normalized spacial score (nSPS) is 15.6. The van der Waals surface area contributed by atoms with Crippen molar-refractivity contribution >= 4 is 15.6 Å². The molecule has 18 heavy (non-hydrogen) atoms. The smallest absolute Gasteiger partial charge is 0.178 e. The van der Waals surface area contributed by atoms with Gasteiger partial charge in [-0.25, -0.2) is 8.42 Å². The third kappa shape index (κ3) is 3.17. The molecule has 1 saturated carbocycles. The molecule has 5 heteroatoms. The van der Waals surface area contributed by atoms with Crippen LogP contribution in [0.3, 0.4) is 0 Å². The van der Waals surface area contributed by atoms with Gasteiger partial charge >= 0.3 is 0 Å². The van der Waals surface area contributed by atoms with Crippen LogP contribution in [0, 0.1) is 0 Å². The van der Waals surface area contributed by atoms with E-state index >= 15 is 0 Å². The van der Waals surface area contributed by atoms with Crippen molar-refractivity contribution in [3.63, 3.8) is 0 Å². The van der Waals surface area contributed by atoms with E-state index < -0.39 is 9.84 Å². The number of hydrogen-bond donors (Lipinski definition) is 1. The van der Waals surface area contributed by atoms with Crippen molar-refractivity contribution in [2.24, 2.45) is 0 Å². The van der Waals surface area contributed by atoms with E-state index in [9.17, 15) is 13.2 Å².